The molecule has 0 bridgehead atoms. The summed E-state index contributed by atoms with van der Waals surface area (Å²) in [7, 11) is 0. The molecule has 2 rings (SSSR count). The van der Waals surface area contributed by atoms with Gasteiger partial charge in [-0.1, -0.05) is 41.9 Å². The number of halogens is 1. The Morgan fingerprint density at radius 3 is 2.56 bits per heavy atom. The van der Waals surface area contributed by atoms with Crippen LogP contribution in [0.1, 0.15) is 12.0 Å². The Morgan fingerprint density at radius 1 is 1.20 bits per heavy atom. The van der Waals surface area contributed by atoms with Crippen LogP contribution in [0.2, 0.25) is 5.15 Å². The molecule has 8 nitrogen and oxygen atoms in total. The van der Waals surface area contributed by atoms with E-state index in [1.165, 1.54) is 6.07 Å². The van der Waals surface area contributed by atoms with Crippen LogP contribution in [0, 0.1) is 0 Å². The summed E-state index contributed by atoms with van der Waals surface area (Å²) in [4.78, 5) is 31.1. The Hall–Kier alpha value is -2.87. The van der Waals surface area contributed by atoms with Gasteiger partial charge in [-0.3, -0.25) is 9.59 Å². The minimum atomic E-state index is -0.638. The normalized spacial score (nSPS) is 11.6. The van der Waals surface area contributed by atoms with Crippen LogP contribution in [-0.2, 0) is 16.0 Å². The highest BCUT2D eigenvalue weighted by Crippen LogP contribution is 2.15. The molecule has 9 heteroatoms. The molecular formula is C16H19ClN6O2. The molecule has 0 unspecified atom stereocenters. The van der Waals surface area contributed by atoms with Gasteiger partial charge in [0.05, 0.1) is 0 Å². The molecular weight excluding hydrogens is 344 g/mol. The summed E-state index contributed by atoms with van der Waals surface area (Å²) in [5, 5.41) is 5.85. The smallest absolute Gasteiger partial charge is 0.242 e. The Labute approximate surface area is 150 Å². The first-order valence-electron chi connectivity index (χ1n) is 7.60. The van der Waals surface area contributed by atoms with E-state index in [1.807, 2.05) is 30.3 Å². The van der Waals surface area contributed by atoms with Gasteiger partial charge in [0.1, 0.15) is 17.0 Å². The summed E-state index contributed by atoms with van der Waals surface area (Å²) >= 11 is 5.87. The molecule has 0 aliphatic carbocycles. The Balaban J connectivity index is 2.12. The van der Waals surface area contributed by atoms with Crippen LogP contribution in [0.3, 0.4) is 0 Å². The van der Waals surface area contributed by atoms with E-state index in [-0.39, 0.29) is 30.0 Å². The minimum Gasteiger partial charge on any atom is -0.370 e. The molecule has 1 aromatic heterocycles. The van der Waals surface area contributed by atoms with E-state index < -0.39 is 11.9 Å². The second-order valence-electron chi connectivity index (χ2n) is 5.33. The first-order chi connectivity index (χ1) is 11.9. The number of hydrogen-bond acceptors (Lipinski definition) is 6. The van der Waals surface area contributed by atoms with Crippen LogP contribution in [0.25, 0.3) is 0 Å². The number of nitrogens with zero attached hydrogens (tertiary/aromatic N) is 2. The predicted octanol–water partition coefficient (Wildman–Crippen LogP) is 0.727. The Kier molecular flexibility index (Phi) is 6.53. The molecule has 0 radical (unpaired) electrons. The van der Waals surface area contributed by atoms with Crippen molar-refractivity contribution in [2.24, 2.45) is 5.73 Å². The van der Waals surface area contributed by atoms with Crippen molar-refractivity contribution in [3.63, 3.8) is 0 Å². The highest BCUT2D eigenvalue weighted by Gasteiger charge is 2.20. The number of hydrogen-bond donors (Lipinski definition) is 4. The van der Waals surface area contributed by atoms with Crippen molar-refractivity contribution in [1.29, 1.82) is 0 Å². The number of benzene rings is 1. The quantitative estimate of drug-likeness (QED) is 0.511. The first kappa shape index (κ1) is 18.5. The van der Waals surface area contributed by atoms with Gasteiger partial charge < -0.3 is 22.1 Å². The molecule has 0 spiro atoms. The zero-order valence-corrected chi connectivity index (χ0v) is 14.2. The van der Waals surface area contributed by atoms with Gasteiger partial charge in [0.25, 0.3) is 0 Å². The van der Waals surface area contributed by atoms with Crippen molar-refractivity contribution in [2.45, 2.75) is 18.9 Å². The summed E-state index contributed by atoms with van der Waals surface area (Å²) in [6.07, 6.45) is 0.473. The highest BCUT2D eigenvalue weighted by atomic mass is 35.5. The lowest BCUT2D eigenvalue weighted by molar-refractivity contribution is -0.122. The molecule has 25 heavy (non-hydrogen) atoms. The number of aromatic nitrogens is 2. The molecule has 1 heterocycles. The van der Waals surface area contributed by atoms with Crippen molar-refractivity contribution in [3.05, 3.63) is 47.1 Å². The lowest BCUT2D eigenvalue weighted by atomic mass is 10.1. The number of nitrogens with one attached hydrogen (secondary N) is 2. The van der Waals surface area contributed by atoms with Crippen LogP contribution in [0.4, 0.5) is 11.8 Å². The van der Waals surface area contributed by atoms with Gasteiger partial charge in [-0.15, -0.1) is 0 Å². The maximum atomic E-state index is 12.5. The Morgan fingerprint density at radius 2 is 1.92 bits per heavy atom. The van der Waals surface area contributed by atoms with E-state index in [9.17, 15) is 9.59 Å². The molecule has 1 aromatic carbocycles. The van der Waals surface area contributed by atoms with Crippen molar-refractivity contribution in [2.75, 3.05) is 17.6 Å². The van der Waals surface area contributed by atoms with E-state index in [1.54, 1.807) is 0 Å². The standard InChI is InChI=1S/C16H19ClN6O2/c17-12-9-14(23-16(19)22-12)21-11(8-10-4-2-1-3-5-10)15(25)20-7-6-13(18)24/h1-5,9,11H,6-8H2,(H2,18,24)(H,20,25)(H3,19,21,22,23)/t11-/m0/s1. The van der Waals surface area contributed by atoms with E-state index >= 15 is 0 Å². The number of nitrogens with two attached hydrogens (primary N) is 2. The van der Waals surface area contributed by atoms with Crippen molar-refractivity contribution >= 4 is 35.2 Å². The molecule has 0 fully saturated rings. The third kappa shape index (κ3) is 6.27. The fourth-order valence-electron chi connectivity index (χ4n) is 2.18. The summed E-state index contributed by atoms with van der Waals surface area (Å²) in [5.41, 5.74) is 11.6. The van der Waals surface area contributed by atoms with Gasteiger partial charge in [-0.25, -0.2) is 4.98 Å². The number of anilines is 2. The Bertz CT molecular complexity index is 720. The summed E-state index contributed by atoms with van der Waals surface area (Å²) in [6, 6.07) is 10.3. The maximum Gasteiger partial charge on any atom is 0.242 e. The summed E-state index contributed by atoms with van der Waals surface area (Å²) in [5.74, 6) is -0.437. The third-order valence-electron chi connectivity index (χ3n) is 3.30. The average Bonchev–Trinajstić information content (AvgIpc) is 2.54. The number of rotatable bonds is 8. The van der Waals surface area contributed by atoms with Crippen LogP contribution in [0.15, 0.2) is 36.4 Å². The van der Waals surface area contributed by atoms with E-state index in [0.717, 1.165) is 5.56 Å². The van der Waals surface area contributed by atoms with Crippen molar-refractivity contribution in [1.82, 2.24) is 15.3 Å². The van der Waals surface area contributed by atoms with E-state index in [2.05, 4.69) is 20.6 Å². The molecule has 132 valence electrons. The molecule has 0 saturated heterocycles. The lowest BCUT2D eigenvalue weighted by Crippen LogP contribution is -2.42. The first-order valence-corrected chi connectivity index (χ1v) is 7.98. The number of nitrogen functional groups attached to an aromatic ring is 1. The van der Waals surface area contributed by atoms with E-state index in [0.29, 0.717) is 12.2 Å². The fourth-order valence-corrected chi connectivity index (χ4v) is 2.37. The largest absolute Gasteiger partial charge is 0.370 e. The van der Waals surface area contributed by atoms with Gasteiger partial charge in [0.15, 0.2) is 0 Å². The molecule has 1 atom stereocenters. The zero-order chi connectivity index (χ0) is 18.2. The van der Waals surface area contributed by atoms with Gasteiger partial charge in [0.2, 0.25) is 17.8 Å². The zero-order valence-electron chi connectivity index (χ0n) is 13.4. The molecule has 2 aromatic rings. The highest BCUT2D eigenvalue weighted by molar-refractivity contribution is 6.29. The van der Waals surface area contributed by atoms with Gasteiger partial charge >= 0.3 is 0 Å². The van der Waals surface area contributed by atoms with Crippen LogP contribution >= 0.6 is 11.6 Å². The SMILES string of the molecule is NC(=O)CCNC(=O)[C@H](Cc1ccccc1)Nc1cc(Cl)nc(N)n1. The molecule has 0 aliphatic rings. The number of carbonyl (C=O) groups excluding carboxylic acids is 2. The number of amides is 2. The van der Waals surface area contributed by atoms with Crippen LogP contribution < -0.4 is 22.1 Å². The molecule has 6 N–H and O–H groups in total. The maximum absolute atomic E-state index is 12.5. The second kappa shape index (κ2) is 8.84. The average molecular weight is 363 g/mol. The van der Waals surface area contributed by atoms with Crippen LogP contribution in [-0.4, -0.2) is 34.4 Å². The summed E-state index contributed by atoms with van der Waals surface area (Å²) < 4.78 is 0. The monoisotopic (exact) mass is 362 g/mol. The number of carbonyl (C=O) groups is 2. The van der Waals surface area contributed by atoms with Crippen molar-refractivity contribution < 1.29 is 9.59 Å². The second-order valence-corrected chi connectivity index (χ2v) is 5.72. The minimum absolute atomic E-state index is 0.00241. The van der Waals surface area contributed by atoms with Gasteiger partial charge in [-0.2, -0.15) is 4.98 Å². The topological polar surface area (TPSA) is 136 Å². The van der Waals surface area contributed by atoms with Gasteiger partial charge in [0, 0.05) is 25.5 Å². The predicted molar refractivity (Wildman–Crippen MR) is 95.8 cm³/mol. The van der Waals surface area contributed by atoms with E-state index in [4.69, 9.17) is 23.1 Å². The molecule has 0 aliphatic heterocycles. The fraction of sp³-hybridized carbons (Fsp3) is 0.250. The van der Waals surface area contributed by atoms with Crippen LogP contribution in [0.5, 0.6) is 0 Å². The summed E-state index contributed by atoms with van der Waals surface area (Å²) in [6.45, 7) is 0.161. The third-order valence-corrected chi connectivity index (χ3v) is 3.50. The molecule has 0 saturated carbocycles. The molecule has 2 amide bonds. The van der Waals surface area contributed by atoms with Crippen molar-refractivity contribution in [3.8, 4) is 0 Å². The number of primary amides is 1. The lowest BCUT2D eigenvalue weighted by Gasteiger charge is -2.19. The van der Waals surface area contributed by atoms with Gasteiger partial charge in [-0.05, 0) is 5.56 Å².